The van der Waals surface area contributed by atoms with Gasteiger partial charge in [0, 0.05) is 88.9 Å². The molecule has 0 atom stereocenters. The van der Waals surface area contributed by atoms with Crippen LogP contribution in [0, 0.1) is 11.6 Å². The van der Waals surface area contributed by atoms with Crippen LogP contribution < -0.4 is 37.5 Å². The normalized spacial score (nSPS) is 11.3. The highest BCUT2D eigenvalue weighted by atomic mass is 79.9. The molecule has 0 spiro atoms. The number of hydrogen-bond acceptors (Lipinski definition) is 13. The van der Waals surface area contributed by atoms with Crippen molar-refractivity contribution < 1.29 is 68.2 Å². The van der Waals surface area contributed by atoms with Crippen molar-refractivity contribution in [3.63, 3.8) is 0 Å². The molecule has 690 valence electrons. The van der Waals surface area contributed by atoms with Crippen LogP contribution in [-0.2, 0) is 74.5 Å². The van der Waals surface area contributed by atoms with Crippen LogP contribution in [0.4, 0.5) is 14.5 Å². The average molecular weight is 2090 g/mol. The van der Waals surface area contributed by atoms with Gasteiger partial charge >= 0.3 is 35.8 Å². The number of anilines is 1. The van der Waals surface area contributed by atoms with E-state index in [1.807, 2.05) is 70.1 Å². The maximum absolute atomic E-state index is 14.3. The van der Waals surface area contributed by atoms with Gasteiger partial charge in [0.1, 0.15) is 50.1 Å². The van der Waals surface area contributed by atoms with Gasteiger partial charge in [-0.2, -0.15) is 0 Å². The van der Waals surface area contributed by atoms with Crippen molar-refractivity contribution in [1.29, 1.82) is 0 Å². The number of aromatic nitrogens is 6. The number of benzene rings is 12. The third-order valence-corrected chi connectivity index (χ3v) is 26.2. The van der Waals surface area contributed by atoms with Gasteiger partial charge in [0.15, 0.2) is 38.4 Å². The fraction of sp³-hybridized carbons (Fsp3) is 0.134. The first-order valence-electron chi connectivity index (χ1n) is 40.1. The van der Waals surface area contributed by atoms with Crippen LogP contribution in [0.25, 0.3) is 131 Å². The molecule has 135 heavy (non-hydrogen) atoms. The summed E-state index contributed by atoms with van der Waals surface area (Å²) in [7, 11) is 3.73. The zero-order chi connectivity index (χ0) is 98.2. The summed E-state index contributed by atoms with van der Waals surface area (Å²) in [6, 6.07) is 52.0. The van der Waals surface area contributed by atoms with Crippen LogP contribution in [0.1, 0.15) is 37.8 Å². The molecular weight excluding hydrogens is 2020 g/mol. The van der Waals surface area contributed by atoms with Crippen molar-refractivity contribution in [2.75, 3.05) is 19.0 Å². The smallest absolute Gasteiger partial charge is 0.323 e. The van der Waals surface area contributed by atoms with E-state index in [0.29, 0.717) is 109 Å². The Hall–Kier alpha value is -12.7. The van der Waals surface area contributed by atoms with Gasteiger partial charge < -0.3 is 62.9 Å². The molecule has 0 bridgehead atoms. The first-order valence-corrected chi connectivity index (χ1v) is 44.7. The van der Waals surface area contributed by atoms with Crippen molar-refractivity contribution in [3.8, 4) is 0 Å². The molecule has 0 fully saturated rings. The summed E-state index contributed by atoms with van der Waals surface area (Å²) in [5.41, 5.74) is 5.66. The second-order valence-electron chi connectivity index (χ2n) is 30.8. The van der Waals surface area contributed by atoms with Gasteiger partial charge in [-0.1, -0.05) is 189 Å². The minimum absolute atomic E-state index is 0.0893. The molecule has 0 saturated heterocycles. The zero-order valence-electron chi connectivity index (χ0n) is 70.6. The lowest BCUT2D eigenvalue weighted by molar-refractivity contribution is -0.138. The monoisotopic (exact) mass is 2090 g/mol. The van der Waals surface area contributed by atoms with Crippen molar-refractivity contribution in [1.82, 2.24) is 27.4 Å². The molecule has 6 N–H and O–H groups in total. The summed E-state index contributed by atoms with van der Waals surface area (Å²) >= 11 is 64.4. The van der Waals surface area contributed by atoms with E-state index in [2.05, 4.69) is 15.9 Å². The Morgan fingerprint density at radius 1 is 0.319 bits per heavy atom. The molecule has 0 aliphatic carbocycles. The first kappa shape index (κ1) is 99.8. The van der Waals surface area contributed by atoms with Gasteiger partial charge in [0.25, 0.3) is 0 Å². The molecule has 0 amide bonds. The molecule has 0 aliphatic heterocycles. The van der Waals surface area contributed by atoms with Gasteiger partial charge in [-0.15, -0.1) is 0 Å². The molecule has 6 heterocycles. The Kier molecular flexibility index (Phi) is 30.5. The van der Waals surface area contributed by atoms with Crippen LogP contribution in [-0.4, -0.2) is 108 Å². The number of pyridine rings is 6. The standard InChI is InChI=1S/C18H15Cl2NO3.C17H14Cl2N2O3.C17H13Cl2NO3.C15H8BrCl2NO3.2C15H9ClFNO3/c1-9(2)10-3-4-11-14(7-10)21(8-15(22)23)17-12(18(11)24)5-6-13(19)16(17)20;1-20(2)9-3-4-10-13(7-9)21(8-14(22)23)16-11(17(10)24)5-6-12(18)15(16)19;1-2-9-3-4-10-13(7-9)20(8-14(21)22)16-11(17(10)23)5-6-12(18)15(16)19;16-7-1-2-8-11(5-7)19(6-12(20)21)14-9(15(8)22)3-4-10(17)13(14)18;16-13-10(17)6-5-9-14(13)18(7-12(19)20)11-4-2-1-3-8(11)15(9)21;16-10-6-5-9-14(13(10)17)18(7-12(19)20)11-4-2-1-3-8(11)15(9)21/h3-7,9H,8H2,1-2H3,(H,22,23);3-7H,8H2,1-2H3,(H,22,23);3-7H,2,8H2,1H3,(H,21,22);1-5H,6H2,(H,20,21);2*1-6H,7H2,(H,19,20). The van der Waals surface area contributed by atoms with Crippen molar-refractivity contribution in [3.05, 3.63) is 333 Å². The van der Waals surface area contributed by atoms with Crippen LogP contribution in [0.2, 0.25) is 50.2 Å². The number of carbonyl (C=O) groups is 6. The van der Waals surface area contributed by atoms with E-state index in [4.69, 9.17) is 126 Å². The number of halogens is 13. The predicted octanol–water partition coefficient (Wildman–Crippen LogP) is 22.8. The lowest BCUT2D eigenvalue weighted by Gasteiger charge is -2.18. The number of fused-ring (bicyclic) bond motifs is 12. The highest BCUT2D eigenvalue weighted by Crippen LogP contribution is 2.39. The Labute approximate surface area is 817 Å². The summed E-state index contributed by atoms with van der Waals surface area (Å²) in [4.78, 5) is 145. The van der Waals surface area contributed by atoms with E-state index in [1.54, 1.807) is 143 Å². The summed E-state index contributed by atoms with van der Waals surface area (Å²) in [5, 5.41) is 60.8. The number of para-hydroxylation sites is 2. The third-order valence-electron chi connectivity index (χ3n) is 21.9. The van der Waals surface area contributed by atoms with E-state index in [0.717, 1.165) is 33.8 Å². The summed E-state index contributed by atoms with van der Waals surface area (Å²) in [6.45, 7) is 3.90. The molecule has 0 aliphatic rings. The van der Waals surface area contributed by atoms with Gasteiger partial charge in [0.05, 0.1) is 111 Å². The fourth-order valence-electron chi connectivity index (χ4n) is 15.8. The van der Waals surface area contributed by atoms with E-state index < -0.39 is 60.5 Å². The first-order chi connectivity index (χ1) is 64.0. The van der Waals surface area contributed by atoms with Crippen LogP contribution >= 0.6 is 132 Å². The van der Waals surface area contributed by atoms with Crippen molar-refractivity contribution in [2.45, 2.75) is 72.4 Å². The summed E-state index contributed by atoms with van der Waals surface area (Å²) in [5.74, 6) is -7.60. The Morgan fingerprint density at radius 3 is 0.948 bits per heavy atom. The lowest BCUT2D eigenvalue weighted by atomic mass is 10.00. The van der Waals surface area contributed by atoms with Crippen LogP contribution in [0.5, 0.6) is 0 Å². The number of hydrogen-bond donors (Lipinski definition) is 6. The second-order valence-corrected chi connectivity index (χ2v) is 35.7. The van der Waals surface area contributed by atoms with Crippen molar-refractivity contribution >= 4 is 304 Å². The van der Waals surface area contributed by atoms with Crippen molar-refractivity contribution in [2.24, 2.45) is 0 Å². The van der Waals surface area contributed by atoms with Crippen LogP contribution in [0.3, 0.4) is 0 Å². The Bertz CT molecular complexity index is 8200. The van der Waals surface area contributed by atoms with Gasteiger partial charge in [-0.3, -0.25) is 57.5 Å². The topological polar surface area (TPSA) is 359 Å². The van der Waals surface area contributed by atoms with E-state index in [9.17, 15) is 86.7 Å². The Balaban J connectivity index is 0.000000137. The summed E-state index contributed by atoms with van der Waals surface area (Å²) < 4.78 is 37.5. The molecular formula is C97H68BrCl10F2N7O18. The molecule has 6 aromatic heterocycles. The minimum atomic E-state index is -1.13. The van der Waals surface area contributed by atoms with Gasteiger partial charge in [-0.05, 0) is 181 Å². The van der Waals surface area contributed by atoms with Gasteiger partial charge in [0.2, 0.25) is 0 Å². The molecule has 12 aromatic carbocycles. The van der Waals surface area contributed by atoms with E-state index >= 15 is 0 Å². The maximum atomic E-state index is 14.3. The maximum Gasteiger partial charge on any atom is 0.323 e. The molecule has 0 unspecified atom stereocenters. The molecule has 0 radical (unpaired) electrons. The average Bonchev–Trinajstić information content (AvgIpc) is 0.749. The third kappa shape index (κ3) is 20.1. The van der Waals surface area contributed by atoms with E-state index in [-0.39, 0.29) is 137 Å². The van der Waals surface area contributed by atoms with Crippen LogP contribution in [0.15, 0.2) is 227 Å². The Morgan fingerprint density at radius 2 is 0.593 bits per heavy atom. The lowest BCUT2D eigenvalue weighted by Crippen LogP contribution is -2.17. The molecule has 18 rings (SSSR count). The number of aliphatic carboxylic acids is 6. The summed E-state index contributed by atoms with van der Waals surface area (Å²) in [6.07, 6.45) is 0.776. The largest absolute Gasteiger partial charge is 0.480 e. The fourth-order valence-corrected chi connectivity index (χ4v) is 18.2. The number of aryl methyl sites for hydroxylation is 1. The SMILES string of the molecule is CC(C)c1ccc2c(=O)c3ccc(Cl)c(Cl)c3n(CC(=O)O)c2c1.CCc1ccc2c(=O)c3ccc(Cl)c(Cl)c3n(CC(=O)O)c2c1.CN(C)c1ccc2c(=O)c3ccc(Cl)c(Cl)c3n(CC(=O)O)c2c1.O=C(O)Cn1c2cc(Br)ccc2c(=O)c2ccc(Cl)c(Cl)c21.O=C(O)Cn1c2ccccc2c(=O)c2ccc(Cl)c(F)c21.O=C(O)Cn1c2ccccc2c(=O)c2ccc(F)c(Cl)c21. The molecule has 25 nitrogen and oxygen atoms in total. The number of nitrogens with zero attached hydrogens (tertiary/aromatic N) is 7. The number of rotatable bonds is 15. The highest BCUT2D eigenvalue weighted by molar-refractivity contribution is 9.10. The van der Waals surface area contributed by atoms with E-state index in [1.165, 1.54) is 42.5 Å². The molecule has 18 aromatic rings. The molecule has 0 saturated carbocycles. The quantitative estimate of drug-likeness (QED) is 0.0519. The number of carboxylic acid groups (broad SMARTS) is 6. The number of carboxylic acids is 6. The highest BCUT2D eigenvalue weighted by Gasteiger charge is 2.26. The zero-order valence-corrected chi connectivity index (χ0v) is 79.8. The van der Waals surface area contributed by atoms with Gasteiger partial charge in [-0.25, -0.2) is 8.78 Å². The predicted molar refractivity (Wildman–Crippen MR) is 536 cm³/mol. The minimum Gasteiger partial charge on any atom is -0.480 e. The molecule has 38 heteroatoms. The second kappa shape index (κ2) is 41.3.